The minimum absolute atomic E-state index is 0. The molecule has 1 N–H and O–H groups in total. The number of hydrogen-bond acceptors (Lipinski definition) is 1. The molecule has 0 atom stereocenters. The zero-order chi connectivity index (χ0) is 5.21. The van der Waals surface area contributed by atoms with E-state index in [1.165, 1.54) is 0 Å². The van der Waals surface area contributed by atoms with Crippen LogP contribution in [0.5, 0.6) is 0 Å². The maximum atomic E-state index is 10.6. The van der Waals surface area contributed by atoms with Crippen LogP contribution in [-0.2, 0) is 11.6 Å². The quantitative estimate of drug-likeness (QED) is 0.565. The molecule has 0 bridgehead atoms. The van der Waals surface area contributed by atoms with Crippen LogP contribution >= 0.6 is 0 Å². The largest absolute Gasteiger partial charge is 0.673 e. The third-order valence-corrected chi connectivity index (χ3v) is 0.347. The minimum Gasteiger partial charge on any atom is -0.112 e. The van der Waals surface area contributed by atoms with Crippen LogP contribution in [0.1, 0.15) is 0 Å². The molecule has 0 unspecified atom stereocenters. The summed E-state index contributed by atoms with van der Waals surface area (Å²) in [6.45, 7) is 0. The van der Waals surface area contributed by atoms with Crippen molar-refractivity contribution in [1.29, 1.82) is 4.78 Å². The van der Waals surface area contributed by atoms with Crippen LogP contribution in [0.15, 0.2) is 0 Å². The van der Waals surface area contributed by atoms with E-state index in [1.807, 2.05) is 0 Å². The molecule has 6 heteroatoms. The first kappa shape index (κ1) is 11.4. The third kappa shape index (κ3) is 11.3. The average molecular weight is 202 g/mol. The van der Waals surface area contributed by atoms with Crippen LogP contribution in [0.4, 0.5) is 13.2 Å². The first-order chi connectivity index (χ1) is 2.56. The van der Waals surface area contributed by atoms with E-state index >= 15 is 0 Å². The Hall–Kier alpha value is 1.62. The van der Waals surface area contributed by atoms with Gasteiger partial charge in [-0.15, -0.1) is 13.2 Å². The predicted octanol–water partition coefficient (Wildman–Crippen LogP) is 0.970. The van der Waals surface area contributed by atoms with E-state index < -0.39 is 17.1 Å². The molecule has 1 radical (unpaired) electrons. The summed E-state index contributed by atoms with van der Waals surface area (Å²) in [7, 11) is 0. The van der Waals surface area contributed by atoms with Gasteiger partial charge in [0.05, 0.1) is 0 Å². The molecule has 37 valence electrons. The normalized spacial score (nSPS) is 9.57. The fraction of sp³-hybridized carbons (Fsp3) is 1.00. The van der Waals surface area contributed by atoms with E-state index in [4.69, 9.17) is 4.78 Å². The molecule has 0 spiro atoms. The van der Waals surface area contributed by atoms with Gasteiger partial charge in [-0.05, 0) is 4.78 Å². The van der Waals surface area contributed by atoms with Crippen LogP contribution in [0.2, 0.25) is 0 Å². The second kappa shape index (κ2) is 4.49. The second-order valence-electron chi connectivity index (χ2n) is 0.548. The molecular formula is CHF3NRbS+. The van der Waals surface area contributed by atoms with E-state index in [2.05, 4.69) is 0 Å². The van der Waals surface area contributed by atoms with Gasteiger partial charge in [0, 0.05) is 58.2 Å². The Morgan fingerprint density at radius 3 is 1.43 bits per heavy atom. The summed E-state index contributed by atoms with van der Waals surface area (Å²) < 4.78 is 37.3. The fourth-order valence-electron chi connectivity index (χ4n) is 0. The van der Waals surface area contributed by atoms with Crippen LogP contribution in [0.3, 0.4) is 0 Å². The Kier molecular flexibility index (Phi) is 7.32. The van der Waals surface area contributed by atoms with E-state index in [0.29, 0.717) is 0 Å². The second-order valence-corrected chi connectivity index (χ2v) is 1.21. The summed E-state index contributed by atoms with van der Waals surface area (Å²) in [5.41, 5.74) is -4.38. The predicted molar refractivity (Wildman–Crippen MR) is 21.9 cm³/mol. The molecule has 0 heterocycles. The Morgan fingerprint density at radius 2 is 1.43 bits per heavy atom. The van der Waals surface area contributed by atoms with E-state index in [1.54, 1.807) is 0 Å². The Labute approximate surface area is 91.4 Å². The van der Waals surface area contributed by atoms with E-state index in [9.17, 15) is 13.2 Å². The van der Waals surface area contributed by atoms with Gasteiger partial charge < -0.3 is 0 Å². The molecule has 0 aromatic carbocycles. The monoisotopic (exact) mass is 201 g/mol. The van der Waals surface area contributed by atoms with Gasteiger partial charge in [-0.1, -0.05) is 0 Å². The molecule has 0 rings (SSSR count). The number of alkyl halides is 3. The molecule has 0 aliphatic heterocycles. The maximum Gasteiger partial charge on any atom is 0.673 e. The minimum atomic E-state index is -4.38. The van der Waals surface area contributed by atoms with E-state index in [0.717, 1.165) is 0 Å². The fourth-order valence-corrected chi connectivity index (χ4v) is 0. The van der Waals surface area contributed by atoms with Gasteiger partial charge in [0.1, 0.15) is 0 Å². The van der Waals surface area contributed by atoms with Gasteiger partial charge in [-0.3, -0.25) is 0 Å². The van der Waals surface area contributed by atoms with Gasteiger partial charge in [-0.25, -0.2) is 0 Å². The number of nitrogens with one attached hydrogen (secondary N) is 1. The van der Waals surface area contributed by atoms with Crippen molar-refractivity contribution in [1.82, 2.24) is 0 Å². The van der Waals surface area contributed by atoms with E-state index in [-0.39, 0.29) is 58.2 Å². The van der Waals surface area contributed by atoms with Crippen molar-refractivity contribution in [2.45, 2.75) is 5.51 Å². The summed E-state index contributed by atoms with van der Waals surface area (Å²) >= 11 is -0.868. The summed E-state index contributed by atoms with van der Waals surface area (Å²) in [6.07, 6.45) is 0. The molecule has 0 fully saturated rings. The summed E-state index contributed by atoms with van der Waals surface area (Å²) in [4.78, 5) is 0. The van der Waals surface area contributed by atoms with Crippen molar-refractivity contribution in [2.75, 3.05) is 0 Å². The Morgan fingerprint density at radius 1 is 1.29 bits per heavy atom. The smallest absolute Gasteiger partial charge is 0.112 e. The van der Waals surface area contributed by atoms with Gasteiger partial charge in [-0.2, -0.15) is 0 Å². The maximum absolute atomic E-state index is 10.6. The van der Waals surface area contributed by atoms with Crippen molar-refractivity contribution in [3.8, 4) is 0 Å². The number of rotatable bonds is 0. The molecular weight excluding hydrogens is 201 g/mol. The topological polar surface area (TPSA) is 23.9 Å². The Balaban J connectivity index is 0. The molecule has 0 aromatic rings. The third-order valence-electron chi connectivity index (χ3n) is 0.116. The summed E-state index contributed by atoms with van der Waals surface area (Å²) in [5, 5.41) is 0. The summed E-state index contributed by atoms with van der Waals surface area (Å²) in [6, 6.07) is 0. The van der Waals surface area contributed by atoms with Crippen molar-refractivity contribution >= 4 is 69.7 Å². The molecule has 1 nitrogen and oxygen atoms in total. The molecule has 0 amide bonds. The van der Waals surface area contributed by atoms with Crippen molar-refractivity contribution in [2.24, 2.45) is 0 Å². The van der Waals surface area contributed by atoms with Gasteiger partial charge in [0.15, 0.2) is 0 Å². The van der Waals surface area contributed by atoms with Crippen LogP contribution in [0, 0.1) is 4.78 Å². The van der Waals surface area contributed by atoms with Crippen molar-refractivity contribution in [3.05, 3.63) is 0 Å². The zero-order valence-electron chi connectivity index (χ0n) is 3.54. The van der Waals surface area contributed by atoms with Gasteiger partial charge in [0.2, 0.25) is 0 Å². The molecule has 0 saturated carbocycles. The SMILES string of the molecule is N=[S+]C(F)(F)F.[Rb]. The number of hydrogen-bond donors (Lipinski definition) is 1. The van der Waals surface area contributed by atoms with Crippen molar-refractivity contribution in [3.63, 3.8) is 0 Å². The molecule has 0 aliphatic carbocycles. The van der Waals surface area contributed by atoms with Crippen LogP contribution < -0.4 is 0 Å². The first-order valence-electron chi connectivity index (χ1n) is 0.975. The van der Waals surface area contributed by atoms with Crippen LogP contribution in [0.25, 0.3) is 0 Å². The van der Waals surface area contributed by atoms with Gasteiger partial charge >= 0.3 is 17.1 Å². The van der Waals surface area contributed by atoms with Crippen molar-refractivity contribution < 1.29 is 13.2 Å². The van der Waals surface area contributed by atoms with Crippen LogP contribution in [-0.4, -0.2) is 63.7 Å². The average Bonchev–Trinajstić information content (AvgIpc) is 1.35. The molecule has 0 aromatic heterocycles. The standard InChI is InChI=1S/CHF3NS.Rb/c2-1(3,4)6-5;/h5H;/q+1;. The molecule has 0 saturated heterocycles. The first-order valence-corrected chi connectivity index (χ1v) is 1.79. The molecule has 7 heavy (non-hydrogen) atoms. The zero-order valence-corrected chi connectivity index (χ0v) is 9.27. The summed E-state index contributed by atoms with van der Waals surface area (Å²) in [5.74, 6) is 0. The number of halogens is 3. The molecule has 0 aliphatic rings. The van der Waals surface area contributed by atoms with Gasteiger partial charge in [0.25, 0.3) is 0 Å². The Bertz CT molecular complexity index is 60.4.